The number of fused-ring (bicyclic) bond motifs is 3. The number of phosphoric ester groups is 1. The summed E-state index contributed by atoms with van der Waals surface area (Å²) < 4.78 is 34.8. The average Bonchev–Trinajstić information content (AvgIpc) is 3.39. The van der Waals surface area contributed by atoms with Crippen LogP contribution in [0.15, 0.2) is 127 Å². The van der Waals surface area contributed by atoms with E-state index in [1.807, 2.05) is 127 Å². The van der Waals surface area contributed by atoms with Crippen LogP contribution in [0.5, 0.6) is 0 Å². The Morgan fingerprint density at radius 1 is 0.380 bits per heavy atom. The maximum Gasteiger partial charge on any atom is 0.475 e. The number of carbonyl (C=O) groups is 3. The van der Waals surface area contributed by atoms with Gasteiger partial charge >= 0.3 is 7.82 Å². The van der Waals surface area contributed by atoms with Gasteiger partial charge in [0.25, 0.3) is 0 Å². The van der Waals surface area contributed by atoms with E-state index in [0.717, 1.165) is 145 Å². The summed E-state index contributed by atoms with van der Waals surface area (Å²) in [5.74, 6) is -0.410. The van der Waals surface area contributed by atoms with E-state index in [1.165, 1.54) is 0 Å². The standard InChI is InChI=1S/C60H78N3O7P/c1-4-7-10-13-16-31-58(64)61-55(52-37-34-46-25-19-22-28-49(46)40-52)43-68-71(67,69-44-56(62-59(65)32-17-14-11-8-5-2)53-38-35-47-26-20-23-29-50(47)41-53)70-45-57(63-60(66)33-18-15-12-9-6-3)54-39-36-48-27-21-24-30-51(48)42-54/h19-30,34-42,55-57H,4-18,31-33,43-45H2,1-3H3,(H,61,64)(H,62,65)(H,63,66). The number of rotatable bonds is 33. The summed E-state index contributed by atoms with van der Waals surface area (Å²) in [5.41, 5.74) is 2.32. The van der Waals surface area contributed by atoms with E-state index in [9.17, 15) is 14.4 Å². The molecule has 0 spiro atoms. The van der Waals surface area contributed by atoms with Gasteiger partial charge in [-0.05, 0) is 86.5 Å². The van der Waals surface area contributed by atoms with Gasteiger partial charge in [-0.1, -0.05) is 207 Å². The van der Waals surface area contributed by atoms with Gasteiger partial charge in [0.2, 0.25) is 17.7 Å². The van der Waals surface area contributed by atoms with Crippen molar-refractivity contribution in [1.82, 2.24) is 16.0 Å². The van der Waals surface area contributed by atoms with Gasteiger partial charge in [-0.2, -0.15) is 0 Å². The van der Waals surface area contributed by atoms with E-state index in [-0.39, 0.29) is 37.5 Å². The van der Waals surface area contributed by atoms with Gasteiger partial charge < -0.3 is 16.0 Å². The average molecular weight is 984 g/mol. The van der Waals surface area contributed by atoms with Crippen LogP contribution in [0, 0.1) is 0 Å². The molecule has 3 atom stereocenters. The first-order valence-corrected chi connectivity index (χ1v) is 28.0. The second-order valence-electron chi connectivity index (χ2n) is 19.0. The molecule has 0 heterocycles. The van der Waals surface area contributed by atoms with Crippen molar-refractivity contribution in [2.24, 2.45) is 0 Å². The van der Waals surface area contributed by atoms with Gasteiger partial charge in [0.15, 0.2) is 0 Å². The van der Waals surface area contributed by atoms with Crippen LogP contribution in [0.4, 0.5) is 0 Å². The Balaban J connectivity index is 1.31. The van der Waals surface area contributed by atoms with E-state index in [4.69, 9.17) is 13.6 Å². The summed E-state index contributed by atoms with van der Waals surface area (Å²) in [6.45, 7) is 5.77. The van der Waals surface area contributed by atoms with Crippen LogP contribution in [0.1, 0.15) is 171 Å². The van der Waals surface area contributed by atoms with Crippen molar-refractivity contribution in [3.63, 3.8) is 0 Å². The summed E-state index contributed by atoms with van der Waals surface area (Å²) in [6.07, 6.45) is 16.1. The molecule has 0 bridgehead atoms. The van der Waals surface area contributed by atoms with Crippen molar-refractivity contribution in [2.75, 3.05) is 19.8 Å². The highest BCUT2D eigenvalue weighted by molar-refractivity contribution is 7.48. The second kappa shape index (κ2) is 29.8. The highest BCUT2D eigenvalue weighted by atomic mass is 31.2. The van der Waals surface area contributed by atoms with Gasteiger partial charge in [0.05, 0.1) is 37.9 Å². The zero-order valence-corrected chi connectivity index (χ0v) is 43.4. The first-order valence-electron chi connectivity index (χ1n) is 26.5. The Labute approximate surface area is 423 Å². The van der Waals surface area contributed by atoms with Crippen LogP contribution in [0.2, 0.25) is 0 Å². The third-order valence-electron chi connectivity index (χ3n) is 13.3. The van der Waals surface area contributed by atoms with E-state index in [2.05, 4.69) is 36.7 Å². The lowest BCUT2D eigenvalue weighted by atomic mass is 10.0. The molecule has 6 rings (SSSR count). The monoisotopic (exact) mass is 984 g/mol. The smallest absolute Gasteiger partial charge is 0.347 e. The first-order chi connectivity index (χ1) is 34.7. The van der Waals surface area contributed by atoms with Crippen molar-refractivity contribution in [3.05, 3.63) is 144 Å². The molecule has 0 radical (unpaired) electrons. The number of benzene rings is 6. The molecule has 0 saturated heterocycles. The van der Waals surface area contributed by atoms with Crippen LogP contribution in [0.25, 0.3) is 32.3 Å². The maximum absolute atomic E-state index is 15.5. The quantitative estimate of drug-likeness (QED) is 0.0276. The fraction of sp³-hybridized carbons (Fsp3) is 0.450. The van der Waals surface area contributed by atoms with Crippen LogP contribution in [0.3, 0.4) is 0 Å². The Bertz CT molecular complexity index is 2350. The molecule has 0 aliphatic rings. The molecule has 6 aromatic carbocycles. The van der Waals surface area contributed by atoms with E-state index in [1.54, 1.807) is 0 Å². The Hall–Kier alpha value is -5.38. The van der Waals surface area contributed by atoms with E-state index >= 15 is 4.57 Å². The van der Waals surface area contributed by atoms with Gasteiger partial charge in [-0.3, -0.25) is 28.0 Å². The van der Waals surface area contributed by atoms with Gasteiger partial charge in [0, 0.05) is 19.3 Å². The van der Waals surface area contributed by atoms with Crippen molar-refractivity contribution >= 4 is 57.9 Å². The predicted molar refractivity (Wildman–Crippen MR) is 290 cm³/mol. The van der Waals surface area contributed by atoms with Crippen LogP contribution >= 0.6 is 7.82 Å². The molecule has 6 aromatic rings. The molecule has 0 saturated carbocycles. The lowest BCUT2D eigenvalue weighted by Crippen LogP contribution is -2.33. The summed E-state index contributed by atoms with van der Waals surface area (Å²) in [4.78, 5) is 41.0. The molecule has 0 aromatic heterocycles. The minimum atomic E-state index is -4.57. The third kappa shape index (κ3) is 18.3. The number of hydrogen-bond acceptors (Lipinski definition) is 7. The summed E-state index contributed by atoms with van der Waals surface area (Å²) in [6, 6.07) is 39.8. The molecule has 71 heavy (non-hydrogen) atoms. The molecule has 380 valence electrons. The lowest BCUT2D eigenvalue weighted by molar-refractivity contribution is -0.122. The van der Waals surface area contributed by atoms with Gasteiger partial charge in [0.1, 0.15) is 0 Å². The highest BCUT2D eigenvalue weighted by Gasteiger charge is 2.33. The fourth-order valence-corrected chi connectivity index (χ4v) is 10.2. The number of amides is 3. The van der Waals surface area contributed by atoms with Crippen molar-refractivity contribution in [1.29, 1.82) is 0 Å². The van der Waals surface area contributed by atoms with E-state index in [0.29, 0.717) is 19.3 Å². The number of carbonyl (C=O) groups excluding carboxylic acids is 3. The topological polar surface area (TPSA) is 132 Å². The molecule has 3 amide bonds. The molecule has 10 nitrogen and oxygen atoms in total. The maximum atomic E-state index is 15.5. The third-order valence-corrected chi connectivity index (χ3v) is 14.6. The van der Waals surface area contributed by atoms with Crippen molar-refractivity contribution < 1.29 is 32.5 Å². The zero-order valence-electron chi connectivity index (χ0n) is 42.5. The minimum Gasteiger partial charge on any atom is -0.347 e. The molecule has 0 aliphatic heterocycles. The molecular weight excluding hydrogens is 906 g/mol. The lowest BCUT2D eigenvalue weighted by Gasteiger charge is -2.27. The SMILES string of the molecule is CCCCCCCC(=O)NC(COP(=O)(OCC(NC(=O)CCCCCCC)c1ccc2ccccc2c1)OCC(NC(=O)CCCCCCC)c1ccc2ccccc2c1)c1ccc2ccccc2c1. The second-order valence-corrected chi connectivity index (χ2v) is 20.7. The van der Waals surface area contributed by atoms with Crippen LogP contribution in [-0.4, -0.2) is 37.5 Å². The van der Waals surface area contributed by atoms with E-state index < -0.39 is 25.9 Å². The van der Waals surface area contributed by atoms with Crippen LogP contribution < -0.4 is 16.0 Å². The Morgan fingerprint density at radius 3 is 0.930 bits per heavy atom. The number of nitrogens with one attached hydrogen (secondary N) is 3. The minimum absolute atomic E-state index is 0.137. The molecule has 3 unspecified atom stereocenters. The summed E-state index contributed by atoms with van der Waals surface area (Å²) in [5, 5.41) is 15.6. The highest BCUT2D eigenvalue weighted by Crippen LogP contribution is 2.51. The summed E-state index contributed by atoms with van der Waals surface area (Å²) >= 11 is 0. The molecule has 0 aliphatic carbocycles. The number of unbranched alkanes of at least 4 members (excludes halogenated alkanes) is 12. The van der Waals surface area contributed by atoms with Crippen molar-refractivity contribution in [2.45, 2.75) is 154 Å². The predicted octanol–water partition coefficient (Wildman–Crippen LogP) is 15.3. The Morgan fingerprint density at radius 2 is 0.648 bits per heavy atom. The van der Waals surface area contributed by atoms with Crippen LogP contribution in [-0.2, 0) is 32.5 Å². The molecule has 11 heteroatoms. The number of phosphoric acid groups is 1. The largest absolute Gasteiger partial charge is 0.475 e. The van der Waals surface area contributed by atoms with Gasteiger partial charge in [-0.25, -0.2) is 4.57 Å². The molecule has 0 fully saturated rings. The fourth-order valence-electron chi connectivity index (χ4n) is 9.01. The molecule has 3 N–H and O–H groups in total. The zero-order chi connectivity index (χ0) is 50.1. The summed E-state index contributed by atoms with van der Waals surface area (Å²) in [7, 11) is -4.57. The first kappa shape index (κ1) is 54.9. The normalized spacial score (nSPS) is 13.7. The van der Waals surface area contributed by atoms with Crippen molar-refractivity contribution in [3.8, 4) is 0 Å². The number of hydrogen-bond donors (Lipinski definition) is 3. The molecular formula is C60H78N3O7P. The van der Waals surface area contributed by atoms with Gasteiger partial charge in [-0.15, -0.1) is 0 Å². The Kier molecular flexibility index (Phi) is 23.1.